The molecule has 0 amide bonds. The van der Waals surface area contributed by atoms with Crippen molar-refractivity contribution in [3.8, 4) is 0 Å². The first kappa shape index (κ1) is 12.5. The van der Waals surface area contributed by atoms with Crippen LogP contribution in [0.2, 0.25) is 0 Å². The van der Waals surface area contributed by atoms with E-state index in [4.69, 9.17) is 10.5 Å². The molecule has 0 bridgehead atoms. The maximum absolute atomic E-state index is 13.2. The Morgan fingerprint density at radius 3 is 3.00 bits per heavy atom. The molecule has 17 heavy (non-hydrogen) atoms. The molecule has 0 aromatic heterocycles. The number of halogens is 1. The fourth-order valence-corrected chi connectivity index (χ4v) is 2.22. The largest absolute Gasteiger partial charge is 0.376 e. The fraction of sp³-hybridized carbons (Fsp3) is 0.538. The lowest BCUT2D eigenvalue weighted by atomic mass is 10.1. The molecule has 94 valence electrons. The molecule has 1 unspecified atom stereocenters. The van der Waals surface area contributed by atoms with Gasteiger partial charge in [0.05, 0.1) is 12.7 Å². The summed E-state index contributed by atoms with van der Waals surface area (Å²) in [6.07, 6.45) is 0.249. The number of hydrogen-bond acceptors (Lipinski definition) is 3. The highest BCUT2D eigenvalue weighted by Gasteiger charge is 2.17. The summed E-state index contributed by atoms with van der Waals surface area (Å²) in [5.74, 6) is -0.196. The lowest BCUT2D eigenvalue weighted by molar-refractivity contribution is -0.0213. The molecule has 1 atom stereocenters. The molecule has 0 aliphatic carbocycles. The molecular weight excluding hydrogens is 219 g/mol. The van der Waals surface area contributed by atoms with Crippen LogP contribution < -0.4 is 5.73 Å². The van der Waals surface area contributed by atoms with E-state index in [1.807, 2.05) is 0 Å². The topological polar surface area (TPSA) is 38.5 Å². The molecule has 1 heterocycles. The van der Waals surface area contributed by atoms with Crippen LogP contribution in [-0.4, -0.2) is 30.7 Å². The van der Waals surface area contributed by atoms with Gasteiger partial charge in [-0.15, -0.1) is 0 Å². The Hall–Kier alpha value is -0.970. The van der Waals surface area contributed by atoms with E-state index in [1.54, 1.807) is 12.1 Å². The molecule has 1 aliphatic rings. The Bertz CT molecular complexity index is 384. The van der Waals surface area contributed by atoms with Crippen LogP contribution in [0.25, 0.3) is 0 Å². The zero-order valence-electron chi connectivity index (χ0n) is 10.2. The maximum atomic E-state index is 13.2. The van der Waals surface area contributed by atoms with Crippen molar-refractivity contribution in [2.45, 2.75) is 26.1 Å². The van der Waals surface area contributed by atoms with Crippen molar-refractivity contribution in [2.24, 2.45) is 5.73 Å². The van der Waals surface area contributed by atoms with Gasteiger partial charge >= 0.3 is 0 Å². The number of hydrogen-bond donors (Lipinski definition) is 1. The van der Waals surface area contributed by atoms with Gasteiger partial charge in [-0.3, -0.25) is 4.90 Å². The van der Waals surface area contributed by atoms with Crippen molar-refractivity contribution >= 4 is 0 Å². The van der Waals surface area contributed by atoms with E-state index in [0.717, 1.165) is 37.4 Å². The van der Waals surface area contributed by atoms with Gasteiger partial charge in [0, 0.05) is 26.2 Å². The average molecular weight is 238 g/mol. The summed E-state index contributed by atoms with van der Waals surface area (Å²) in [5.41, 5.74) is 7.67. The third kappa shape index (κ3) is 3.25. The minimum Gasteiger partial charge on any atom is -0.376 e. The quantitative estimate of drug-likeness (QED) is 0.867. The minimum absolute atomic E-state index is 0.196. The van der Waals surface area contributed by atoms with Crippen molar-refractivity contribution in [1.82, 2.24) is 4.90 Å². The fourth-order valence-electron chi connectivity index (χ4n) is 2.22. The average Bonchev–Trinajstić information content (AvgIpc) is 2.29. The normalized spacial score (nSPS) is 21.7. The molecule has 1 aliphatic heterocycles. The number of nitrogens with two attached hydrogens (primary N) is 1. The van der Waals surface area contributed by atoms with Crippen LogP contribution in [0.1, 0.15) is 18.1 Å². The van der Waals surface area contributed by atoms with Crippen LogP contribution in [0, 0.1) is 5.82 Å². The highest BCUT2D eigenvalue weighted by Crippen LogP contribution is 2.15. The van der Waals surface area contributed by atoms with Crippen molar-refractivity contribution in [1.29, 1.82) is 0 Å². The minimum atomic E-state index is -0.196. The van der Waals surface area contributed by atoms with E-state index in [1.165, 1.54) is 6.07 Å². The van der Waals surface area contributed by atoms with E-state index >= 15 is 0 Å². The summed E-state index contributed by atoms with van der Waals surface area (Å²) in [6.45, 7) is 5.79. The lowest BCUT2D eigenvalue weighted by Gasteiger charge is -2.31. The number of benzene rings is 1. The van der Waals surface area contributed by atoms with Crippen molar-refractivity contribution in [2.75, 3.05) is 19.7 Å². The van der Waals surface area contributed by atoms with Crippen LogP contribution in [-0.2, 0) is 17.8 Å². The highest BCUT2D eigenvalue weighted by atomic mass is 19.1. The summed E-state index contributed by atoms with van der Waals surface area (Å²) in [7, 11) is 0. The third-order valence-corrected chi connectivity index (χ3v) is 3.11. The monoisotopic (exact) mass is 238 g/mol. The third-order valence-electron chi connectivity index (χ3n) is 3.11. The van der Waals surface area contributed by atoms with Crippen molar-refractivity contribution in [3.63, 3.8) is 0 Å². The van der Waals surface area contributed by atoms with Crippen LogP contribution in [0.15, 0.2) is 18.2 Å². The Morgan fingerprint density at radius 1 is 1.47 bits per heavy atom. The van der Waals surface area contributed by atoms with Gasteiger partial charge in [-0.2, -0.15) is 0 Å². The lowest BCUT2D eigenvalue weighted by Crippen LogP contribution is -2.40. The Balaban J connectivity index is 2.08. The van der Waals surface area contributed by atoms with Gasteiger partial charge in [-0.05, 0) is 30.2 Å². The highest BCUT2D eigenvalue weighted by molar-refractivity contribution is 5.27. The van der Waals surface area contributed by atoms with Crippen LogP contribution >= 0.6 is 0 Å². The standard InChI is InChI=1S/C13H19FN2O/c1-10-8-16(4-5-17-10)9-12-6-13(14)3-2-11(12)7-15/h2-3,6,10H,4-5,7-9,15H2,1H3. The van der Waals surface area contributed by atoms with Crippen molar-refractivity contribution < 1.29 is 9.13 Å². The van der Waals surface area contributed by atoms with Gasteiger partial charge in [-0.25, -0.2) is 4.39 Å². The number of rotatable bonds is 3. The Labute approximate surface area is 101 Å². The zero-order chi connectivity index (χ0) is 12.3. The summed E-state index contributed by atoms with van der Waals surface area (Å²) < 4.78 is 18.7. The van der Waals surface area contributed by atoms with Crippen LogP contribution in [0.3, 0.4) is 0 Å². The predicted molar refractivity (Wildman–Crippen MR) is 65.0 cm³/mol. The van der Waals surface area contributed by atoms with Gasteiger partial charge in [0.25, 0.3) is 0 Å². The zero-order valence-corrected chi connectivity index (χ0v) is 10.2. The summed E-state index contributed by atoms with van der Waals surface area (Å²) in [4.78, 5) is 2.28. The van der Waals surface area contributed by atoms with Crippen LogP contribution in [0.4, 0.5) is 4.39 Å². The van der Waals surface area contributed by atoms with Gasteiger partial charge in [0.1, 0.15) is 5.82 Å². The van der Waals surface area contributed by atoms with E-state index in [-0.39, 0.29) is 11.9 Å². The first-order chi connectivity index (χ1) is 8.19. The molecular formula is C13H19FN2O. The first-order valence-corrected chi connectivity index (χ1v) is 6.00. The van der Waals surface area contributed by atoms with E-state index < -0.39 is 0 Å². The van der Waals surface area contributed by atoms with Gasteiger partial charge in [0.2, 0.25) is 0 Å². The maximum Gasteiger partial charge on any atom is 0.123 e. The molecule has 1 fully saturated rings. The molecule has 1 aromatic carbocycles. The Kier molecular flexibility index (Phi) is 4.10. The second-order valence-electron chi connectivity index (χ2n) is 4.53. The first-order valence-electron chi connectivity index (χ1n) is 6.00. The molecule has 4 heteroatoms. The van der Waals surface area contributed by atoms with E-state index in [9.17, 15) is 4.39 Å². The van der Waals surface area contributed by atoms with E-state index in [2.05, 4.69) is 11.8 Å². The van der Waals surface area contributed by atoms with E-state index in [0.29, 0.717) is 6.54 Å². The summed E-state index contributed by atoms with van der Waals surface area (Å²) in [5, 5.41) is 0. The van der Waals surface area contributed by atoms with Gasteiger partial charge < -0.3 is 10.5 Å². The predicted octanol–water partition coefficient (Wildman–Crippen LogP) is 1.51. The summed E-state index contributed by atoms with van der Waals surface area (Å²) >= 11 is 0. The smallest absolute Gasteiger partial charge is 0.123 e. The number of morpholine rings is 1. The molecule has 0 radical (unpaired) electrons. The molecule has 2 rings (SSSR count). The number of ether oxygens (including phenoxy) is 1. The van der Waals surface area contributed by atoms with Gasteiger partial charge in [0.15, 0.2) is 0 Å². The summed E-state index contributed by atoms with van der Waals surface area (Å²) in [6, 6.07) is 4.82. The van der Waals surface area contributed by atoms with Gasteiger partial charge in [-0.1, -0.05) is 6.07 Å². The molecule has 3 nitrogen and oxygen atoms in total. The second kappa shape index (κ2) is 5.58. The molecule has 0 spiro atoms. The van der Waals surface area contributed by atoms with Crippen molar-refractivity contribution in [3.05, 3.63) is 35.1 Å². The molecule has 2 N–H and O–H groups in total. The number of nitrogens with zero attached hydrogens (tertiary/aromatic N) is 1. The Morgan fingerprint density at radius 2 is 2.29 bits per heavy atom. The molecule has 0 saturated carbocycles. The SMILES string of the molecule is CC1CN(Cc2cc(F)ccc2CN)CCO1. The molecule has 1 aromatic rings. The van der Waals surface area contributed by atoms with Crippen LogP contribution in [0.5, 0.6) is 0 Å². The molecule has 1 saturated heterocycles. The second-order valence-corrected chi connectivity index (χ2v) is 4.53.